The largest absolute Gasteiger partial charge is 0.393 e. The van der Waals surface area contributed by atoms with Gasteiger partial charge in [-0.25, -0.2) is 0 Å². The van der Waals surface area contributed by atoms with Crippen molar-refractivity contribution in [2.24, 2.45) is 17.8 Å². The zero-order valence-corrected chi connectivity index (χ0v) is 13.9. The Hall–Kier alpha value is -0.120. The first kappa shape index (κ1) is 16.3. The van der Waals surface area contributed by atoms with E-state index in [2.05, 4.69) is 37.5 Å². The Morgan fingerprint density at radius 2 is 1.85 bits per heavy atom. The molecule has 5 unspecified atom stereocenters. The topological polar surface area (TPSA) is 26.7 Å². The van der Waals surface area contributed by atoms with Crippen molar-refractivity contribution >= 4 is 0 Å². The van der Waals surface area contributed by atoms with Crippen LogP contribution in [0.4, 0.5) is 0 Å². The van der Waals surface area contributed by atoms with Crippen LogP contribution in [0, 0.1) is 17.8 Å². The van der Waals surface area contributed by atoms with Gasteiger partial charge in [-0.1, -0.05) is 27.7 Å². The maximum Gasteiger partial charge on any atom is 0.0585 e. The second-order valence-electron chi connectivity index (χ2n) is 7.21. The SMILES string of the molecule is CCN(CC)C1CCN(CC2C(C)CC(C)CC2O)C1. The molecule has 1 saturated heterocycles. The van der Waals surface area contributed by atoms with Crippen molar-refractivity contribution in [2.75, 3.05) is 32.7 Å². The second-order valence-corrected chi connectivity index (χ2v) is 7.21. The number of nitrogens with zero attached hydrogens (tertiary/aromatic N) is 2. The summed E-state index contributed by atoms with van der Waals surface area (Å²) >= 11 is 0. The molecule has 0 spiro atoms. The van der Waals surface area contributed by atoms with Gasteiger partial charge in [-0.05, 0) is 50.7 Å². The molecule has 1 saturated carbocycles. The summed E-state index contributed by atoms with van der Waals surface area (Å²) in [7, 11) is 0. The van der Waals surface area contributed by atoms with E-state index in [-0.39, 0.29) is 6.10 Å². The molecule has 2 fully saturated rings. The third-order valence-corrected chi connectivity index (χ3v) is 5.69. The first-order valence-corrected chi connectivity index (χ1v) is 8.69. The van der Waals surface area contributed by atoms with E-state index >= 15 is 0 Å². The van der Waals surface area contributed by atoms with Gasteiger partial charge >= 0.3 is 0 Å². The van der Waals surface area contributed by atoms with E-state index in [1.165, 1.54) is 25.9 Å². The van der Waals surface area contributed by atoms with Crippen LogP contribution in [0.25, 0.3) is 0 Å². The normalized spacial score (nSPS) is 39.6. The molecule has 118 valence electrons. The van der Waals surface area contributed by atoms with Crippen molar-refractivity contribution in [3.8, 4) is 0 Å². The fraction of sp³-hybridized carbons (Fsp3) is 1.00. The number of aliphatic hydroxyl groups excluding tert-OH is 1. The van der Waals surface area contributed by atoms with Crippen LogP contribution in [0.5, 0.6) is 0 Å². The second kappa shape index (κ2) is 7.24. The molecular weight excluding hydrogens is 248 g/mol. The average molecular weight is 282 g/mol. The molecule has 0 aromatic carbocycles. The summed E-state index contributed by atoms with van der Waals surface area (Å²) in [6.07, 6.45) is 3.51. The van der Waals surface area contributed by atoms with Crippen molar-refractivity contribution in [2.45, 2.75) is 59.1 Å². The maximum atomic E-state index is 10.4. The minimum absolute atomic E-state index is 0.0822. The van der Waals surface area contributed by atoms with Crippen molar-refractivity contribution < 1.29 is 5.11 Å². The van der Waals surface area contributed by atoms with E-state index in [1.807, 2.05) is 0 Å². The smallest absolute Gasteiger partial charge is 0.0585 e. The Kier molecular flexibility index (Phi) is 5.88. The highest BCUT2D eigenvalue weighted by molar-refractivity contribution is 4.89. The molecule has 20 heavy (non-hydrogen) atoms. The van der Waals surface area contributed by atoms with Crippen LogP contribution in [-0.2, 0) is 0 Å². The lowest BCUT2D eigenvalue weighted by molar-refractivity contribution is 0.000394. The quantitative estimate of drug-likeness (QED) is 0.839. The third-order valence-electron chi connectivity index (χ3n) is 5.69. The monoisotopic (exact) mass is 282 g/mol. The van der Waals surface area contributed by atoms with Crippen LogP contribution in [0.3, 0.4) is 0 Å². The molecule has 2 aliphatic rings. The van der Waals surface area contributed by atoms with Crippen LogP contribution < -0.4 is 0 Å². The van der Waals surface area contributed by atoms with Gasteiger partial charge in [0.2, 0.25) is 0 Å². The Labute approximate surface area is 125 Å². The summed E-state index contributed by atoms with van der Waals surface area (Å²) < 4.78 is 0. The predicted molar refractivity (Wildman–Crippen MR) is 84.8 cm³/mol. The van der Waals surface area contributed by atoms with Gasteiger partial charge in [-0.2, -0.15) is 0 Å². The lowest BCUT2D eigenvalue weighted by Crippen LogP contribution is -2.43. The van der Waals surface area contributed by atoms with Gasteiger partial charge in [0, 0.05) is 25.0 Å². The fourth-order valence-corrected chi connectivity index (χ4v) is 4.49. The van der Waals surface area contributed by atoms with Crippen molar-refractivity contribution in [3.63, 3.8) is 0 Å². The van der Waals surface area contributed by atoms with Gasteiger partial charge in [0.25, 0.3) is 0 Å². The Bertz CT molecular complexity index is 281. The molecule has 0 aromatic rings. The van der Waals surface area contributed by atoms with E-state index < -0.39 is 0 Å². The Morgan fingerprint density at radius 1 is 1.15 bits per heavy atom. The van der Waals surface area contributed by atoms with Gasteiger partial charge in [0.15, 0.2) is 0 Å². The summed E-state index contributed by atoms with van der Waals surface area (Å²) in [5, 5.41) is 10.4. The van der Waals surface area contributed by atoms with Crippen LogP contribution in [0.15, 0.2) is 0 Å². The lowest BCUT2D eigenvalue weighted by Gasteiger charge is -2.39. The lowest BCUT2D eigenvalue weighted by atomic mass is 9.73. The van der Waals surface area contributed by atoms with Gasteiger partial charge in [0.1, 0.15) is 0 Å². The summed E-state index contributed by atoms with van der Waals surface area (Å²) in [6.45, 7) is 15.0. The number of rotatable bonds is 5. The van der Waals surface area contributed by atoms with E-state index in [0.29, 0.717) is 17.8 Å². The summed E-state index contributed by atoms with van der Waals surface area (Å²) in [4.78, 5) is 5.19. The van der Waals surface area contributed by atoms with Crippen molar-refractivity contribution in [1.29, 1.82) is 0 Å². The maximum absolute atomic E-state index is 10.4. The molecule has 0 amide bonds. The van der Waals surface area contributed by atoms with Gasteiger partial charge in [-0.15, -0.1) is 0 Å². The summed E-state index contributed by atoms with van der Waals surface area (Å²) in [5.74, 6) is 1.85. The molecule has 1 N–H and O–H groups in total. The highest BCUT2D eigenvalue weighted by Gasteiger charge is 2.36. The van der Waals surface area contributed by atoms with Crippen LogP contribution in [0.1, 0.15) is 47.0 Å². The minimum Gasteiger partial charge on any atom is -0.393 e. The molecular formula is C17H34N2O. The molecule has 3 nitrogen and oxygen atoms in total. The molecule has 1 heterocycles. The van der Waals surface area contributed by atoms with Gasteiger partial charge in [0.05, 0.1) is 6.10 Å². The zero-order chi connectivity index (χ0) is 14.7. The molecule has 0 bridgehead atoms. The standard InChI is InChI=1S/C17H34N2O/c1-5-19(6-2)15-7-8-18(11-15)12-16-14(4)9-13(3)10-17(16)20/h13-17,20H,5-12H2,1-4H3. The molecule has 1 aliphatic carbocycles. The highest BCUT2D eigenvalue weighted by atomic mass is 16.3. The Morgan fingerprint density at radius 3 is 2.45 bits per heavy atom. The molecule has 2 rings (SSSR count). The van der Waals surface area contributed by atoms with Gasteiger partial charge < -0.3 is 10.0 Å². The number of aliphatic hydroxyl groups is 1. The van der Waals surface area contributed by atoms with Crippen molar-refractivity contribution in [1.82, 2.24) is 9.80 Å². The van der Waals surface area contributed by atoms with E-state index in [1.54, 1.807) is 0 Å². The minimum atomic E-state index is -0.0822. The van der Waals surface area contributed by atoms with Crippen LogP contribution in [0.2, 0.25) is 0 Å². The summed E-state index contributed by atoms with van der Waals surface area (Å²) in [5.41, 5.74) is 0. The highest BCUT2D eigenvalue weighted by Crippen LogP contribution is 2.34. The molecule has 5 atom stereocenters. The van der Waals surface area contributed by atoms with E-state index in [0.717, 1.165) is 32.1 Å². The first-order valence-electron chi connectivity index (χ1n) is 8.69. The van der Waals surface area contributed by atoms with Crippen LogP contribution >= 0.6 is 0 Å². The number of likely N-dealkylation sites (tertiary alicyclic amines) is 1. The molecule has 1 aliphatic heterocycles. The van der Waals surface area contributed by atoms with Crippen molar-refractivity contribution in [3.05, 3.63) is 0 Å². The molecule has 0 radical (unpaired) electrons. The predicted octanol–water partition coefficient (Wildman–Crippen LogP) is 2.45. The molecule has 3 heteroatoms. The summed E-state index contributed by atoms with van der Waals surface area (Å²) in [6, 6.07) is 0.736. The third kappa shape index (κ3) is 3.75. The number of hydrogen-bond acceptors (Lipinski definition) is 3. The van der Waals surface area contributed by atoms with E-state index in [9.17, 15) is 5.11 Å². The number of likely N-dealkylation sites (N-methyl/N-ethyl adjacent to an activating group) is 1. The van der Waals surface area contributed by atoms with Crippen LogP contribution in [-0.4, -0.2) is 59.8 Å². The van der Waals surface area contributed by atoms with E-state index in [4.69, 9.17) is 0 Å². The average Bonchev–Trinajstić information content (AvgIpc) is 2.84. The first-order chi connectivity index (χ1) is 9.55. The zero-order valence-electron chi connectivity index (χ0n) is 13.9. The number of hydrogen-bond donors (Lipinski definition) is 1. The Balaban J connectivity index is 1.85. The molecule has 0 aromatic heterocycles. The fourth-order valence-electron chi connectivity index (χ4n) is 4.49. The van der Waals surface area contributed by atoms with Gasteiger partial charge in [-0.3, -0.25) is 4.90 Å².